The van der Waals surface area contributed by atoms with Crippen LogP contribution in [0, 0.1) is 29.6 Å². The molecule has 17 heavy (non-hydrogen) atoms. The Bertz CT molecular complexity index is 283. The first-order valence-electron chi connectivity index (χ1n) is 7.09. The highest BCUT2D eigenvalue weighted by atomic mass is 17.1. The summed E-state index contributed by atoms with van der Waals surface area (Å²) >= 11 is 0. The molecule has 0 spiro atoms. The average Bonchev–Trinajstić information content (AvgIpc) is 2.29. The van der Waals surface area contributed by atoms with E-state index in [1.807, 2.05) is 0 Å². The van der Waals surface area contributed by atoms with Crippen LogP contribution in [0.4, 0.5) is 0 Å². The zero-order valence-corrected chi connectivity index (χ0v) is 11.4. The van der Waals surface area contributed by atoms with Gasteiger partial charge in [-0.25, -0.2) is 4.89 Å². The van der Waals surface area contributed by atoms with E-state index in [0.29, 0.717) is 6.61 Å². The molecule has 0 aromatic carbocycles. The van der Waals surface area contributed by atoms with E-state index in [-0.39, 0.29) is 0 Å². The summed E-state index contributed by atoms with van der Waals surface area (Å²) in [7, 11) is 0. The standard InChI is InChI=1S/C15H26O2/c1-10(2)13-6-4-11(3)14-7-5-12(9-17-16)8-15(13)14/h8,10-11,13-16H,4-7,9H2,1-3H3/t11-,13+,14+,15-/m1/s1. The van der Waals surface area contributed by atoms with Crippen LogP contribution in [-0.2, 0) is 4.89 Å². The topological polar surface area (TPSA) is 29.5 Å². The van der Waals surface area contributed by atoms with Gasteiger partial charge < -0.3 is 0 Å². The van der Waals surface area contributed by atoms with Gasteiger partial charge in [0, 0.05) is 0 Å². The van der Waals surface area contributed by atoms with Gasteiger partial charge in [0.15, 0.2) is 0 Å². The molecule has 0 heterocycles. The molecular formula is C15H26O2. The van der Waals surface area contributed by atoms with Crippen molar-refractivity contribution in [2.45, 2.75) is 46.5 Å². The van der Waals surface area contributed by atoms with Crippen molar-refractivity contribution >= 4 is 0 Å². The summed E-state index contributed by atoms with van der Waals surface area (Å²) in [6.07, 6.45) is 7.57. The van der Waals surface area contributed by atoms with E-state index in [4.69, 9.17) is 5.26 Å². The summed E-state index contributed by atoms with van der Waals surface area (Å²) in [5, 5.41) is 8.60. The van der Waals surface area contributed by atoms with Crippen LogP contribution in [0.5, 0.6) is 0 Å². The molecule has 0 aromatic rings. The minimum Gasteiger partial charge on any atom is -0.251 e. The molecule has 0 saturated heterocycles. The number of hydrogen-bond acceptors (Lipinski definition) is 2. The van der Waals surface area contributed by atoms with E-state index in [1.165, 1.54) is 24.8 Å². The molecule has 98 valence electrons. The van der Waals surface area contributed by atoms with Gasteiger partial charge in [-0.15, -0.1) is 0 Å². The Morgan fingerprint density at radius 1 is 1.35 bits per heavy atom. The fourth-order valence-corrected chi connectivity index (χ4v) is 3.97. The summed E-state index contributed by atoms with van der Waals surface area (Å²) in [4.78, 5) is 4.32. The molecule has 0 radical (unpaired) electrons. The molecule has 1 fully saturated rings. The maximum atomic E-state index is 8.60. The minimum atomic E-state index is 0.405. The van der Waals surface area contributed by atoms with Crippen LogP contribution in [0.15, 0.2) is 11.6 Å². The summed E-state index contributed by atoms with van der Waals surface area (Å²) in [6.45, 7) is 7.52. The van der Waals surface area contributed by atoms with Crippen LogP contribution in [0.2, 0.25) is 0 Å². The molecule has 0 bridgehead atoms. The predicted octanol–water partition coefficient (Wildman–Crippen LogP) is 4.13. The SMILES string of the molecule is CC(C)[C@@H]1CC[C@@H](C)[C@@H]2CCC(COO)=C[C@@H]21. The number of allylic oxidation sites excluding steroid dienone is 1. The fraction of sp³-hybridized carbons (Fsp3) is 0.867. The summed E-state index contributed by atoms with van der Waals surface area (Å²) in [5.41, 5.74) is 1.30. The summed E-state index contributed by atoms with van der Waals surface area (Å²) in [5.74, 6) is 4.03. The Morgan fingerprint density at radius 2 is 2.12 bits per heavy atom. The van der Waals surface area contributed by atoms with Gasteiger partial charge in [-0.2, -0.15) is 0 Å². The summed E-state index contributed by atoms with van der Waals surface area (Å²) in [6, 6.07) is 0. The maximum Gasteiger partial charge on any atom is 0.103 e. The second kappa shape index (κ2) is 5.53. The number of rotatable bonds is 3. The second-order valence-corrected chi connectivity index (χ2v) is 6.34. The van der Waals surface area contributed by atoms with Crippen molar-refractivity contribution in [3.05, 3.63) is 11.6 Å². The molecule has 2 aliphatic carbocycles. The zero-order chi connectivity index (χ0) is 12.4. The molecule has 0 unspecified atom stereocenters. The quantitative estimate of drug-likeness (QED) is 0.455. The van der Waals surface area contributed by atoms with E-state index < -0.39 is 0 Å². The number of hydrogen-bond donors (Lipinski definition) is 1. The highest BCUT2D eigenvalue weighted by Crippen LogP contribution is 2.47. The van der Waals surface area contributed by atoms with Gasteiger partial charge in [-0.1, -0.05) is 33.3 Å². The van der Waals surface area contributed by atoms with Crippen molar-refractivity contribution in [2.24, 2.45) is 29.6 Å². The van der Waals surface area contributed by atoms with E-state index >= 15 is 0 Å². The fourth-order valence-electron chi connectivity index (χ4n) is 3.97. The maximum absolute atomic E-state index is 8.60. The smallest absolute Gasteiger partial charge is 0.103 e. The van der Waals surface area contributed by atoms with Crippen molar-refractivity contribution < 1.29 is 10.1 Å². The summed E-state index contributed by atoms with van der Waals surface area (Å²) < 4.78 is 0. The van der Waals surface area contributed by atoms with Gasteiger partial charge in [-0.05, 0) is 54.4 Å². The van der Waals surface area contributed by atoms with Gasteiger partial charge in [0.05, 0.1) is 0 Å². The molecule has 2 nitrogen and oxygen atoms in total. The van der Waals surface area contributed by atoms with E-state index in [9.17, 15) is 0 Å². The van der Waals surface area contributed by atoms with Gasteiger partial charge in [0.2, 0.25) is 0 Å². The van der Waals surface area contributed by atoms with Crippen LogP contribution in [0.25, 0.3) is 0 Å². The van der Waals surface area contributed by atoms with Crippen molar-refractivity contribution in [1.29, 1.82) is 0 Å². The Morgan fingerprint density at radius 3 is 2.76 bits per heavy atom. The highest BCUT2D eigenvalue weighted by molar-refractivity contribution is 5.13. The monoisotopic (exact) mass is 238 g/mol. The molecule has 0 aliphatic heterocycles. The molecule has 2 heteroatoms. The molecule has 1 N–H and O–H groups in total. The van der Waals surface area contributed by atoms with Crippen molar-refractivity contribution in [2.75, 3.05) is 6.61 Å². The van der Waals surface area contributed by atoms with Gasteiger partial charge in [0.1, 0.15) is 6.61 Å². The average molecular weight is 238 g/mol. The van der Waals surface area contributed by atoms with Crippen LogP contribution < -0.4 is 0 Å². The first-order valence-corrected chi connectivity index (χ1v) is 7.09. The lowest BCUT2D eigenvalue weighted by Crippen LogP contribution is -2.37. The van der Waals surface area contributed by atoms with Crippen LogP contribution in [0.3, 0.4) is 0 Å². The van der Waals surface area contributed by atoms with Gasteiger partial charge in [-0.3, -0.25) is 5.26 Å². The van der Waals surface area contributed by atoms with Crippen LogP contribution >= 0.6 is 0 Å². The first kappa shape index (κ1) is 13.1. The third kappa shape index (κ3) is 2.74. The molecule has 1 saturated carbocycles. The molecule has 2 rings (SSSR count). The largest absolute Gasteiger partial charge is 0.251 e. The van der Waals surface area contributed by atoms with Crippen LogP contribution in [0.1, 0.15) is 46.5 Å². The lowest BCUT2D eigenvalue weighted by atomic mass is 9.60. The van der Waals surface area contributed by atoms with Crippen molar-refractivity contribution in [3.63, 3.8) is 0 Å². The number of fused-ring (bicyclic) bond motifs is 1. The third-order valence-corrected chi connectivity index (χ3v) is 5.01. The molecular weight excluding hydrogens is 212 g/mol. The Balaban J connectivity index is 2.16. The lowest BCUT2D eigenvalue weighted by molar-refractivity contribution is -0.234. The molecule has 0 aromatic heterocycles. The molecule has 4 atom stereocenters. The van der Waals surface area contributed by atoms with E-state index in [2.05, 4.69) is 31.7 Å². The Labute approximate surface area is 105 Å². The second-order valence-electron chi connectivity index (χ2n) is 6.34. The first-order chi connectivity index (χ1) is 8.13. The Kier molecular flexibility index (Phi) is 4.26. The van der Waals surface area contributed by atoms with Gasteiger partial charge >= 0.3 is 0 Å². The van der Waals surface area contributed by atoms with Gasteiger partial charge in [0.25, 0.3) is 0 Å². The van der Waals surface area contributed by atoms with Crippen molar-refractivity contribution in [3.8, 4) is 0 Å². The van der Waals surface area contributed by atoms with E-state index in [1.54, 1.807) is 0 Å². The van der Waals surface area contributed by atoms with Crippen molar-refractivity contribution in [1.82, 2.24) is 0 Å². The predicted molar refractivity (Wildman–Crippen MR) is 69.6 cm³/mol. The third-order valence-electron chi connectivity index (χ3n) is 5.01. The Hall–Kier alpha value is -0.340. The minimum absolute atomic E-state index is 0.405. The van der Waals surface area contributed by atoms with E-state index in [0.717, 1.165) is 36.0 Å². The zero-order valence-electron chi connectivity index (χ0n) is 11.4. The lowest BCUT2D eigenvalue weighted by Gasteiger charge is -2.45. The van der Waals surface area contributed by atoms with Crippen LogP contribution in [-0.4, -0.2) is 11.9 Å². The molecule has 0 amide bonds. The highest BCUT2D eigenvalue weighted by Gasteiger charge is 2.39. The molecule has 2 aliphatic rings. The normalized spacial score (nSPS) is 37.8.